The Morgan fingerprint density at radius 3 is 2.57 bits per heavy atom. The molecule has 0 amide bonds. The van der Waals surface area contributed by atoms with Crippen molar-refractivity contribution >= 4 is 21.6 Å². The zero-order valence-electron chi connectivity index (χ0n) is 16.9. The van der Waals surface area contributed by atoms with Crippen molar-refractivity contribution in [2.24, 2.45) is 0 Å². The van der Waals surface area contributed by atoms with Crippen molar-refractivity contribution in [3.05, 3.63) is 65.6 Å². The Balaban J connectivity index is 2.10. The molecule has 2 aromatic heterocycles. The Bertz CT molecular complexity index is 1160. The molecular weight excluding hydrogens is 424 g/mol. The minimum absolute atomic E-state index is 0.147. The van der Waals surface area contributed by atoms with Gasteiger partial charge in [-0.05, 0) is 24.3 Å². The van der Waals surface area contributed by atoms with Crippen molar-refractivity contribution < 1.29 is 13.2 Å². The molecule has 9 heteroatoms. The first-order valence-corrected chi connectivity index (χ1v) is 11.1. The lowest BCUT2D eigenvalue weighted by Crippen LogP contribution is -2.36. The maximum Gasteiger partial charge on any atom is 0.233 e. The lowest BCUT2D eigenvalue weighted by atomic mass is 9.93. The van der Waals surface area contributed by atoms with Crippen molar-refractivity contribution in [2.45, 2.75) is 19.3 Å². The predicted molar refractivity (Wildman–Crippen MR) is 119 cm³/mol. The van der Waals surface area contributed by atoms with Crippen LogP contribution >= 0.6 is 11.6 Å². The van der Waals surface area contributed by atoms with Gasteiger partial charge in [-0.1, -0.05) is 38.1 Å². The summed E-state index contributed by atoms with van der Waals surface area (Å²) in [4.78, 5) is 12.3. The second kappa shape index (κ2) is 8.59. The smallest absolute Gasteiger partial charge is 0.233 e. The van der Waals surface area contributed by atoms with E-state index in [9.17, 15) is 8.42 Å². The van der Waals surface area contributed by atoms with E-state index < -0.39 is 15.4 Å². The number of aromatic amines is 1. The number of imidazole rings is 1. The first-order chi connectivity index (χ1) is 14.2. The number of aromatic nitrogens is 3. The predicted octanol–water partition coefficient (Wildman–Crippen LogP) is 4.14. The summed E-state index contributed by atoms with van der Waals surface area (Å²) >= 11 is 6.18. The Morgan fingerprint density at radius 1 is 1.23 bits per heavy atom. The summed E-state index contributed by atoms with van der Waals surface area (Å²) in [5.41, 5.74) is 2.58. The molecule has 0 atom stereocenters. The van der Waals surface area contributed by atoms with Crippen LogP contribution in [0.3, 0.4) is 0 Å². The van der Waals surface area contributed by atoms with Crippen LogP contribution in [0.1, 0.15) is 19.7 Å². The third-order valence-electron chi connectivity index (χ3n) is 4.67. The summed E-state index contributed by atoms with van der Waals surface area (Å²) in [5, 5.41) is 1.39. The van der Waals surface area contributed by atoms with E-state index in [1.54, 1.807) is 25.6 Å². The monoisotopic (exact) mass is 446 g/mol. The van der Waals surface area contributed by atoms with Gasteiger partial charge in [-0.25, -0.2) is 18.1 Å². The number of hydrogen-bond acceptors (Lipinski definition) is 5. The van der Waals surface area contributed by atoms with Crippen LogP contribution in [0.4, 0.5) is 0 Å². The summed E-state index contributed by atoms with van der Waals surface area (Å²) in [6, 6.07) is 9.19. The van der Waals surface area contributed by atoms with Gasteiger partial charge in [0.2, 0.25) is 10.0 Å². The molecule has 158 valence electrons. The van der Waals surface area contributed by atoms with Gasteiger partial charge in [0.05, 0.1) is 23.5 Å². The number of rotatable bonds is 8. The molecule has 3 rings (SSSR count). The van der Waals surface area contributed by atoms with E-state index >= 15 is 0 Å². The Kier molecular flexibility index (Phi) is 6.30. The van der Waals surface area contributed by atoms with E-state index in [1.807, 2.05) is 38.1 Å². The fourth-order valence-electron chi connectivity index (χ4n) is 2.86. The molecule has 2 heterocycles. The van der Waals surface area contributed by atoms with Crippen LogP contribution < -0.4 is 9.46 Å². The third kappa shape index (κ3) is 4.72. The number of methoxy groups -OCH3 is 1. The van der Waals surface area contributed by atoms with Crippen molar-refractivity contribution in [3.63, 3.8) is 0 Å². The Morgan fingerprint density at radius 2 is 1.93 bits per heavy atom. The molecule has 0 saturated carbocycles. The van der Waals surface area contributed by atoms with Crippen LogP contribution in [-0.2, 0) is 15.4 Å². The first-order valence-electron chi connectivity index (χ1n) is 9.14. The second-order valence-electron chi connectivity index (χ2n) is 7.31. The highest BCUT2D eigenvalue weighted by Gasteiger charge is 2.28. The Labute approximate surface area is 181 Å². The summed E-state index contributed by atoms with van der Waals surface area (Å²) in [7, 11) is -1.99. The molecule has 2 N–H and O–H groups in total. The lowest BCUT2D eigenvalue weighted by Gasteiger charge is -2.22. The number of sulfonamides is 1. The molecule has 0 saturated heterocycles. The van der Waals surface area contributed by atoms with Gasteiger partial charge in [0.15, 0.2) is 0 Å². The van der Waals surface area contributed by atoms with Crippen molar-refractivity contribution in [3.8, 4) is 28.3 Å². The van der Waals surface area contributed by atoms with Gasteiger partial charge in [-0.2, -0.15) is 0 Å². The van der Waals surface area contributed by atoms with Crippen LogP contribution in [0.2, 0.25) is 5.02 Å². The largest absolute Gasteiger partial charge is 0.495 e. The van der Waals surface area contributed by atoms with Gasteiger partial charge in [0.1, 0.15) is 11.6 Å². The highest BCUT2D eigenvalue weighted by atomic mass is 35.5. The molecule has 1 aromatic carbocycles. The van der Waals surface area contributed by atoms with Gasteiger partial charge in [0, 0.05) is 40.9 Å². The number of H-pyrrole nitrogens is 1. The number of ether oxygens (including phenoxy) is 1. The number of pyridine rings is 1. The fraction of sp³-hybridized carbons (Fsp3) is 0.238. The van der Waals surface area contributed by atoms with Crippen LogP contribution in [0.5, 0.6) is 5.75 Å². The topological polar surface area (TPSA) is 97.0 Å². The SMILES string of the molecule is C=CS(=O)(=O)NCC(C)(C)c1nc(-c2ccc(Cl)c(OC)c2)c(-c2ccncc2)[nH]1. The number of benzene rings is 1. The molecule has 0 bridgehead atoms. The summed E-state index contributed by atoms with van der Waals surface area (Å²) in [6.07, 6.45) is 3.40. The molecule has 0 aliphatic carbocycles. The number of nitrogens with one attached hydrogen (secondary N) is 2. The van der Waals surface area contributed by atoms with E-state index in [0.717, 1.165) is 22.2 Å². The van der Waals surface area contributed by atoms with Crippen molar-refractivity contribution in [1.29, 1.82) is 0 Å². The van der Waals surface area contributed by atoms with Gasteiger partial charge in [0.25, 0.3) is 0 Å². The second-order valence-corrected chi connectivity index (χ2v) is 9.43. The molecule has 30 heavy (non-hydrogen) atoms. The molecule has 0 unspecified atom stereocenters. The Hall–Kier alpha value is -2.68. The molecule has 0 radical (unpaired) electrons. The zero-order valence-corrected chi connectivity index (χ0v) is 18.5. The zero-order chi connectivity index (χ0) is 21.9. The average molecular weight is 447 g/mol. The van der Waals surface area contributed by atoms with Gasteiger partial charge >= 0.3 is 0 Å². The highest BCUT2D eigenvalue weighted by molar-refractivity contribution is 7.92. The standard InChI is InChI=1S/C21H23ClN4O3S/c1-5-30(27,28)24-13-21(2,3)20-25-18(14-8-10-23-11-9-14)19(26-20)15-6-7-16(22)17(12-15)29-4/h5-12,24H,1,13H2,2-4H3,(H,25,26). The normalized spacial score (nSPS) is 12.0. The van der Waals surface area contributed by atoms with E-state index in [1.165, 1.54) is 0 Å². The lowest BCUT2D eigenvalue weighted by molar-refractivity contribution is 0.415. The van der Waals surface area contributed by atoms with Gasteiger partial charge < -0.3 is 9.72 Å². The highest BCUT2D eigenvalue weighted by Crippen LogP contribution is 2.36. The number of nitrogens with zero attached hydrogens (tertiary/aromatic N) is 2. The quantitative estimate of drug-likeness (QED) is 0.542. The maximum absolute atomic E-state index is 11.8. The maximum atomic E-state index is 11.8. The molecule has 0 fully saturated rings. The average Bonchev–Trinajstić information content (AvgIpc) is 3.20. The first kappa shape index (κ1) is 22.0. The number of halogens is 1. The molecule has 0 spiro atoms. The van der Waals surface area contributed by atoms with Crippen LogP contribution in [0.15, 0.2) is 54.7 Å². The van der Waals surface area contributed by atoms with Gasteiger partial charge in [-0.15, -0.1) is 0 Å². The van der Waals surface area contributed by atoms with Crippen molar-refractivity contribution in [1.82, 2.24) is 19.7 Å². The van der Waals surface area contributed by atoms with E-state index in [2.05, 4.69) is 21.3 Å². The summed E-state index contributed by atoms with van der Waals surface area (Å²) in [6.45, 7) is 7.28. The molecule has 0 aliphatic rings. The van der Waals surface area contributed by atoms with Gasteiger partial charge in [-0.3, -0.25) is 4.98 Å². The molecular formula is C21H23ClN4O3S. The van der Waals surface area contributed by atoms with Crippen LogP contribution in [0.25, 0.3) is 22.5 Å². The van der Waals surface area contributed by atoms with E-state index in [0.29, 0.717) is 22.3 Å². The molecule has 3 aromatic rings. The fourth-order valence-corrected chi connectivity index (χ4v) is 3.74. The van der Waals surface area contributed by atoms with Crippen molar-refractivity contribution in [2.75, 3.05) is 13.7 Å². The molecule has 0 aliphatic heterocycles. The number of hydrogen-bond donors (Lipinski definition) is 2. The summed E-state index contributed by atoms with van der Waals surface area (Å²) in [5.74, 6) is 1.17. The van der Waals surface area contributed by atoms with Crippen LogP contribution in [-0.4, -0.2) is 37.0 Å². The van der Waals surface area contributed by atoms with E-state index in [4.69, 9.17) is 21.3 Å². The third-order valence-corrected chi connectivity index (χ3v) is 5.97. The summed E-state index contributed by atoms with van der Waals surface area (Å²) < 4.78 is 31.5. The van der Waals surface area contributed by atoms with E-state index in [-0.39, 0.29) is 6.54 Å². The molecule has 7 nitrogen and oxygen atoms in total. The van der Waals surface area contributed by atoms with Crippen LogP contribution in [0, 0.1) is 0 Å². The minimum atomic E-state index is -3.55. The minimum Gasteiger partial charge on any atom is -0.495 e.